The molecule has 1 aliphatic rings. The number of pyridine rings is 1. The molecule has 2 aromatic rings. The first kappa shape index (κ1) is 28.7. The Morgan fingerprint density at radius 3 is 2.58 bits per heavy atom. The van der Waals surface area contributed by atoms with Gasteiger partial charge in [0.15, 0.2) is 0 Å². The van der Waals surface area contributed by atoms with Crippen LogP contribution in [0.25, 0.3) is 0 Å². The molecule has 1 aromatic heterocycles. The van der Waals surface area contributed by atoms with Gasteiger partial charge >= 0.3 is 6.18 Å². The number of nitrogens with one attached hydrogen (secondary N) is 1. The Labute approximate surface area is 220 Å². The van der Waals surface area contributed by atoms with Crippen molar-refractivity contribution in [1.82, 2.24) is 4.98 Å². The lowest BCUT2D eigenvalue weighted by atomic mass is 9.98. The Balaban J connectivity index is 1.82. The van der Waals surface area contributed by atoms with Crippen LogP contribution in [-0.2, 0) is 11.2 Å². The second kappa shape index (κ2) is 12.1. The number of hydrogen-bond acceptors (Lipinski definition) is 4. The van der Waals surface area contributed by atoms with E-state index in [2.05, 4.69) is 10.3 Å². The third-order valence-electron chi connectivity index (χ3n) is 6.18. The van der Waals surface area contributed by atoms with Crippen molar-refractivity contribution in [3.63, 3.8) is 0 Å². The van der Waals surface area contributed by atoms with Gasteiger partial charge in [-0.15, -0.1) is 0 Å². The molecular weight excluding hydrogens is 495 g/mol. The van der Waals surface area contributed by atoms with Gasteiger partial charge in [0, 0.05) is 18.0 Å². The van der Waals surface area contributed by atoms with E-state index in [1.54, 1.807) is 70.2 Å². The summed E-state index contributed by atoms with van der Waals surface area (Å²) in [6, 6.07) is 10.1. The quantitative estimate of drug-likeness (QED) is 0.296. The molecule has 6 nitrogen and oxygen atoms in total. The van der Waals surface area contributed by atoms with Crippen LogP contribution in [0.3, 0.4) is 0 Å². The fourth-order valence-corrected chi connectivity index (χ4v) is 3.81. The van der Waals surface area contributed by atoms with Gasteiger partial charge in [0.1, 0.15) is 23.1 Å². The van der Waals surface area contributed by atoms with Gasteiger partial charge in [-0.05, 0) is 74.7 Å². The van der Waals surface area contributed by atoms with Crippen LogP contribution in [0, 0.1) is 5.92 Å². The standard InChI is InChI=1S/C29H32F3N3O3/c1-6-19(5)24(29(30,31)32)14-13-21(7-2)38-22-12-11-20-15-16-35(28(37)23(20)17-22)26-10-8-9-25(33-26)34-27(36)18(3)4/h7-14,17-18H,6,15-16H2,1-5H3,(H,33,34,36)/b14-13-,21-7+,24-19?. The van der Waals surface area contributed by atoms with Gasteiger partial charge in [0.05, 0.1) is 5.57 Å². The number of benzene rings is 1. The largest absolute Gasteiger partial charge is 0.458 e. The van der Waals surface area contributed by atoms with Gasteiger partial charge in [-0.1, -0.05) is 38.5 Å². The highest BCUT2D eigenvalue weighted by atomic mass is 19.4. The summed E-state index contributed by atoms with van der Waals surface area (Å²) in [6.45, 7) is 8.74. The number of alkyl halides is 3. The van der Waals surface area contributed by atoms with Crippen molar-refractivity contribution in [2.45, 2.75) is 53.6 Å². The zero-order valence-corrected chi connectivity index (χ0v) is 22.1. The molecule has 0 fully saturated rings. The molecule has 0 spiro atoms. The summed E-state index contributed by atoms with van der Waals surface area (Å²) in [5, 5.41) is 2.74. The average Bonchev–Trinajstić information content (AvgIpc) is 2.87. The second-order valence-corrected chi connectivity index (χ2v) is 9.22. The van der Waals surface area contributed by atoms with E-state index >= 15 is 0 Å². The number of fused-ring (bicyclic) bond motifs is 1. The highest BCUT2D eigenvalue weighted by Crippen LogP contribution is 2.32. The molecule has 1 N–H and O–H groups in total. The number of anilines is 2. The molecule has 1 aromatic carbocycles. The lowest BCUT2D eigenvalue weighted by Gasteiger charge is -2.28. The van der Waals surface area contributed by atoms with E-state index in [0.717, 1.165) is 11.6 Å². The molecule has 3 rings (SSSR count). The van der Waals surface area contributed by atoms with E-state index in [4.69, 9.17) is 4.74 Å². The van der Waals surface area contributed by atoms with Crippen molar-refractivity contribution in [3.8, 4) is 5.75 Å². The van der Waals surface area contributed by atoms with Crippen LogP contribution in [0.1, 0.15) is 57.0 Å². The number of rotatable bonds is 8. The van der Waals surface area contributed by atoms with Crippen molar-refractivity contribution >= 4 is 23.5 Å². The molecule has 9 heteroatoms. The first-order chi connectivity index (χ1) is 17.9. The minimum atomic E-state index is -4.47. The molecule has 1 aliphatic heterocycles. The lowest BCUT2D eigenvalue weighted by Crippen LogP contribution is -2.38. The summed E-state index contributed by atoms with van der Waals surface area (Å²) in [6.07, 6.45) is 0.224. The summed E-state index contributed by atoms with van der Waals surface area (Å²) in [5.41, 5.74) is 0.772. The molecule has 0 radical (unpaired) electrons. The SMILES string of the molecule is C/C=C(\C=C/C(=C(C)CC)C(F)(F)F)Oc1ccc2c(c1)C(=O)N(c1cccc(NC(=O)C(C)C)n1)CC2. The molecule has 2 heterocycles. The fraction of sp³-hybridized carbons (Fsp3) is 0.345. The van der Waals surface area contributed by atoms with Crippen molar-refractivity contribution in [3.05, 3.63) is 82.7 Å². The van der Waals surface area contributed by atoms with Crippen LogP contribution >= 0.6 is 0 Å². The number of aromatic nitrogens is 1. The normalized spacial score (nSPS) is 15.0. The van der Waals surface area contributed by atoms with Crippen molar-refractivity contribution in [2.24, 2.45) is 5.92 Å². The highest BCUT2D eigenvalue weighted by molar-refractivity contribution is 6.08. The first-order valence-electron chi connectivity index (χ1n) is 12.5. The van der Waals surface area contributed by atoms with Crippen molar-refractivity contribution < 1.29 is 27.5 Å². The summed E-state index contributed by atoms with van der Waals surface area (Å²) >= 11 is 0. The molecule has 0 bridgehead atoms. The number of carbonyl (C=O) groups is 2. The topological polar surface area (TPSA) is 71.5 Å². The summed E-state index contributed by atoms with van der Waals surface area (Å²) in [5.74, 6) is 0.623. The van der Waals surface area contributed by atoms with E-state index in [0.29, 0.717) is 35.9 Å². The summed E-state index contributed by atoms with van der Waals surface area (Å²) in [4.78, 5) is 31.4. The summed E-state index contributed by atoms with van der Waals surface area (Å²) < 4.78 is 46.1. The average molecular weight is 528 g/mol. The van der Waals surface area contributed by atoms with Crippen LogP contribution in [0.5, 0.6) is 5.75 Å². The highest BCUT2D eigenvalue weighted by Gasteiger charge is 2.33. The number of allylic oxidation sites excluding steroid dienone is 5. The monoisotopic (exact) mass is 527 g/mol. The van der Waals surface area contributed by atoms with Crippen LogP contribution in [0.15, 0.2) is 71.5 Å². The third kappa shape index (κ3) is 6.90. The Kier molecular flexibility index (Phi) is 9.14. The van der Waals surface area contributed by atoms with Crippen LogP contribution in [-0.4, -0.2) is 29.5 Å². The lowest BCUT2D eigenvalue weighted by molar-refractivity contribution is -0.118. The molecule has 202 valence electrons. The Hall–Kier alpha value is -3.88. The van der Waals surface area contributed by atoms with E-state index in [1.807, 2.05) is 0 Å². The Bertz CT molecular complexity index is 1290. The van der Waals surface area contributed by atoms with Crippen molar-refractivity contribution in [2.75, 3.05) is 16.8 Å². The van der Waals surface area contributed by atoms with Gasteiger partial charge in [-0.2, -0.15) is 13.2 Å². The molecule has 0 saturated heterocycles. The molecule has 0 saturated carbocycles. The van der Waals surface area contributed by atoms with Gasteiger partial charge < -0.3 is 10.1 Å². The van der Waals surface area contributed by atoms with Gasteiger partial charge in [0.2, 0.25) is 5.91 Å². The number of halogens is 3. The molecule has 38 heavy (non-hydrogen) atoms. The number of amides is 2. The number of ether oxygens (including phenoxy) is 1. The second-order valence-electron chi connectivity index (χ2n) is 9.22. The maximum atomic E-state index is 13.4. The Morgan fingerprint density at radius 2 is 1.95 bits per heavy atom. The van der Waals surface area contributed by atoms with Gasteiger partial charge in [-0.3, -0.25) is 14.5 Å². The van der Waals surface area contributed by atoms with E-state index in [9.17, 15) is 22.8 Å². The first-order valence-corrected chi connectivity index (χ1v) is 12.5. The summed E-state index contributed by atoms with van der Waals surface area (Å²) in [7, 11) is 0. The molecule has 0 unspecified atom stereocenters. The van der Waals surface area contributed by atoms with Crippen LogP contribution < -0.4 is 15.0 Å². The van der Waals surface area contributed by atoms with Crippen LogP contribution in [0.4, 0.5) is 24.8 Å². The molecular formula is C29H32F3N3O3. The number of hydrogen-bond donors (Lipinski definition) is 1. The van der Waals surface area contributed by atoms with Crippen molar-refractivity contribution in [1.29, 1.82) is 0 Å². The fourth-order valence-electron chi connectivity index (χ4n) is 3.81. The third-order valence-corrected chi connectivity index (χ3v) is 6.18. The zero-order valence-electron chi connectivity index (χ0n) is 22.1. The van der Waals surface area contributed by atoms with E-state index in [1.165, 1.54) is 17.9 Å². The van der Waals surface area contributed by atoms with Gasteiger partial charge in [0.25, 0.3) is 5.91 Å². The maximum Gasteiger partial charge on any atom is 0.416 e. The minimum Gasteiger partial charge on any atom is -0.458 e. The molecule has 0 atom stereocenters. The van der Waals surface area contributed by atoms with Crippen LogP contribution in [0.2, 0.25) is 0 Å². The molecule has 0 aliphatic carbocycles. The number of carbonyl (C=O) groups excluding carboxylic acids is 2. The van der Waals surface area contributed by atoms with E-state index < -0.39 is 11.7 Å². The Morgan fingerprint density at radius 1 is 1.21 bits per heavy atom. The van der Waals surface area contributed by atoms with E-state index in [-0.39, 0.29) is 35.5 Å². The molecule has 2 amide bonds. The number of nitrogens with zero attached hydrogens (tertiary/aromatic N) is 2. The minimum absolute atomic E-state index is 0.178. The zero-order chi connectivity index (χ0) is 28.0. The predicted octanol–water partition coefficient (Wildman–Crippen LogP) is 7.01. The van der Waals surface area contributed by atoms with Gasteiger partial charge in [-0.25, -0.2) is 4.98 Å². The maximum absolute atomic E-state index is 13.4. The predicted molar refractivity (Wildman–Crippen MR) is 142 cm³/mol. The smallest absolute Gasteiger partial charge is 0.416 e.